The van der Waals surface area contributed by atoms with Crippen LogP contribution < -0.4 is 5.32 Å². The highest BCUT2D eigenvalue weighted by atomic mass is 16.7. The molecule has 0 spiro atoms. The van der Waals surface area contributed by atoms with Crippen LogP contribution in [-0.4, -0.2) is 87.5 Å². The molecule has 7 atom stereocenters. The molecule has 1 aliphatic rings. The average Bonchev–Trinajstić information content (AvgIpc) is 3.59. The molecule has 474 valence electrons. The highest BCUT2D eigenvalue weighted by Crippen LogP contribution is 2.23. The van der Waals surface area contributed by atoms with Crippen molar-refractivity contribution in [2.45, 2.75) is 346 Å². The van der Waals surface area contributed by atoms with Crippen molar-refractivity contribution in [2.24, 2.45) is 0 Å². The van der Waals surface area contributed by atoms with E-state index in [-0.39, 0.29) is 12.5 Å². The molecule has 1 amide bonds. The van der Waals surface area contributed by atoms with Crippen LogP contribution in [0.2, 0.25) is 0 Å². The number of rotatable bonds is 59. The molecule has 6 N–H and O–H groups in total. The number of hydrogen-bond donors (Lipinski definition) is 6. The topological polar surface area (TPSA) is 149 Å². The maximum Gasteiger partial charge on any atom is 0.220 e. The molecule has 0 aromatic heterocycles. The Hall–Kier alpha value is -2.89. The molecule has 1 aliphatic heterocycles. The van der Waals surface area contributed by atoms with Crippen molar-refractivity contribution >= 4 is 5.91 Å². The van der Waals surface area contributed by atoms with Gasteiger partial charge in [-0.15, -0.1) is 0 Å². The standard InChI is InChI=1S/C73H129NO8/c1-3-5-7-9-11-13-15-17-19-21-23-25-27-28-29-30-31-32-33-34-35-36-37-38-39-40-41-43-45-47-49-51-53-55-57-59-61-63-69(77)74-66(65-81-73-72(80)71(79)70(78)68(64-75)82-73)67(76)62-60-58-56-54-52-50-48-46-44-42-26-24-22-20-18-16-14-12-10-8-6-4-2/h5,7,11,13,17,19,23,25,28-29,31-32,34-35,37-38,66-68,70-73,75-76,78-80H,3-4,6,8-10,12,14-16,18,20-22,24,26-27,30,33,36,39-65H2,1-2H3,(H,74,77)/b7-5-,13-11-,19-17-,25-23-,29-28-,32-31-,35-34-,38-37-. The third kappa shape index (κ3) is 49.4. The van der Waals surface area contributed by atoms with Crippen LogP contribution in [0.4, 0.5) is 0 Å². The largest absolute Gasteiger partial charge is 0.394 e. The summed E-state index contributed by atoms with van der Waals surface area (Å²) in [5.41, 5.74) is 0. The third-order valence-electron chi connectivity index (χ3n) is 16.0. The Kier molecular flexibility index (Phi) is 57.6. The molecule has 1 rings (SSSR count). The van der Waals surface area contributed by atoms with Crippen LogP contribution in [0.1, 0.15) is 303 Å². The Morgan fingerprint density at radius 2 is 0.756 bits per heavy atom. The molecule has 0 aromatic carbocycles. The van der Waals surface area contributed by atoms with E-state index in [1.54, 1.807) is 0 Å². The first-order chi connectivity index (χ1) is 40.3. The first-order valence-electron chi connectivity index (χ1n) is 34.4. The van der Waals surface area contributed by atoms with Crippen LogP contribution in [0, 0.1) is 0 Å². The fourth-order valence-electron chi connectivity index (χ4n) is 10.6. The molecule has 7 unspecified atom stereocenters. The molecule has 0 saturated carbocycles. The molecule has 0 bridgehead atoms. The monoisotopic (exact) mass is 1150 g/mol. The van der Waals surface area contributed by atoms with Gasteiger partial charge in [-0.25, -0.2) is 0 Å². The molecule has 1 heterocycles. The van der Waals surface area contributed by atoms with Crippen molar-refractivity contribution in [2.75, 3.05) is 13.2 Å². The lowest BCUT2D eigenvalue weighted by molar-refractivity contribution is -0.302. The lowest BCUT2D eigenvalue weighted by Gasteiger charge is -2.40. The van der Waals surface area contributed by atoms with Crippen molar-refractivity contribution in [1.29, 1.82) is 0 Å². The Labute approximate surface area is 504 Å². The normalized spacial score (nSPS) is 18.9. The van der Waals surface area contributed by atoms with Gasteiger partial charge in [0.2, 0.25) is 5.91 Å². The minimum Gasteiger partial charge on any atom is -0.394 e. The molecule has 0 radical (unpaired) electrons. The number of aliphatic hydroxyl groups is 5. The zero-order valence-corrected chi connectivity index (χ0v) is 53.0. The summed E-state index contributed by atoms with van der Waals surface area (Å²) in [5.74, 6) is -0.146. The molecule has 9 nitrogen and oxygen atoms in total. The van der Waals surface area contributed by atoms with Gasteiger partial charge < -0.3 is 40.3 Å². The van der Waals surface area contributed by atoms with Crippen molar-refractivity contribution in [1.82, 2.24) is 5.32 Å². The highest BCUT2D eigenvalue weighted by Gasteiger charge is 2.44. The number of nitrogens with one attached hydrogen (secondary N) is 1. The van der Waals surface area contributed by atoms with E-state index in [9.17, 15) is 30.3 Å². The fourth-order valence-corrected chi connectivity index (χ4v) is 10.6. The second-order valence-corrected chi connectivity index (χ2v) is 23.6. The predicted molar refractivity (Wildman–Crippen MR) is 350 cm³/mol. The molecule has 1 fully saturated rings. The van der Waals surface area contributed by atoms with Gasteiger partial charge in [0.05, 0.1) is 25.4 Å². The van der Waals surface area contributed by atoms with Crippen molar-refractivity contribution in [3.05, 3.63) is 97.2 Å². The van der Waals surface area contributed by atoms with E-state index in [4.69, 9.17) is 9.47 Å². The summed E-state index contributed by atoms with van der Waals surface area (Å²) in [7, 11) is 0. The summed E-state index contributed by atoms with van der Waals surface area (Å²) < 4.78 is 11.4. The van der Waals surface area contributed by atoms with Gasteiger partial charge in [-0.3, -0.25) is 4.79 Å². The van der Waals surface area contributed by atoms with E-state index in [0.717, 1.165) is 89.9 Å². The van der Waals surface area contributed by atoms with E-state index in [1.807, 2.05) is 0 Å². The summed E-state index contributed by atoms with van der Waals surface area (Å²) in [5, 5.41) is 54.9. The number of unbranched alkanes of at least 4 members (excludes halogenated alkanes) is 33. The van der Waals surface area contributed by atoms with Gasteiger partial charge in [-0.05, 0) is 77.0 Å². The second kappa shape index (κ2) is 61.2. The predicted octanol–water partition coefficient (Wildman–Crippen LogP) is 18.7. The zero-order chi connectivity index (χ0) is 59.3. The maximum absolute atomic E-state index is 13.1. The van der Waals surface area contributed by atoms with Gasteiger partial charge in [-0.2, -0.15) is 0 Å². The van der Waals surface area contributed by atoms with Gasteiger partial charge in [0.25, 0.3) is 0 Å². The van der Waals surface area contributed by atoms with Crippen LogP contribution in [-0.2, 0) is 14.3 Å². The lowest BCUT2D eigenvalue weighted by atomic mass is 9.99. The summed E-state index contributed by atoms with van der Waals surface area (Å²) in [4.78, 5) is 13.1. The second-order valence-electron chi connectivity index (χ2n) is 23.6. The Morgan fingerprint density at radius 3 is 1.12 bits per heavy atom. The maximum atomic E-state index is 13.1. The van der Waals surface area contributed by atoms with Crippen LogP contribution in [0.3, 0.4) is 0 Å². The van der Waals surface area contributed by atoms with E-state index >= 15 is 0 Å². The molecule has 1 saturated heterocycles. The molecule has 0 aromatic rings. The molecular weight excluding hydrogens is 1020 g/mol. The summed E-state index contributed by atoms with van der Waals surface area (Å²) in [6, 6.07) is -0.727. The fraction of sp³-hybridized carbons (Fsp3) is 0.767. The van der Waals surface area contributed by atoms with Gasteiger partial charge in [0, 0.05) is 6.42 Å². The molecule has 0 aliphatic carbocycles. The lowest BCUT2D eigenvalue weighted by Crippen LogP contribution is -2.60. The van der Waals surface area contributed by atoms with E-state index in [0.29, 0.717) is 12.8 Å². The summed E-state index contributed by atoms with van der Waals surface area (Å²) in [6.07, 6.45) is 81.7. The van der Waals surface area contributed by atoms with E-state index < -0.39 is 49.5 Å². The number of carbonyl (C=O) groups is 1. The number of amides is 1. The quantitative estimate of drug-likeness (QED) is 0.0261. The van der Waals surface area contributed by atoms with Gasteiger partial charge in [0.15, 0.2) is 6.29 Å². The zero-order valence-electron chi connectivity index (χ0n) is 53.0. The van der Waals surface area contributed by atoms with Crippen LogP contribution in [0.25, 0.3) is 0 Å². The first-order valence-corrected chi connectivity index (χ1v) is 34.4. The Bertz CT molecular complexity index is 1620. The van der Waals surface area contributed by atoms with Gasteiger partial charge in [-0.1, -0.05) is 317 Å². The van der Waals surface area contributed by atoms with Crippen LogP contribution in [0.15, 0.2) is 97.2 Å². The van der Waals surface area contributed by atoms with E-state index in [2.05, 4.69) is 116 Å². The van der Waals surface area contributed by atoms with Gasteiger partial charge in [0.1, 0.15) is 24.4 Å². The molecule has 82 heavy (non-hydrogen) atoms. The number of aliphatic hydroxyl groups excluding tert-OH is 5. The summed E-state index contributed by atoms with van der Waals surface area (Å²) >= 11 is 0. The van der Waals surface area contributed by atoms with Crippen molar-refractivity contribution < 1.29 is 39.8 Å². The Morgan fingerprint density at radius 1 is 0.427 bits per heavy atom. The van der Waals surface area contributed by atoms with Crippen LogP contribution in [0.5, 0.6) is 0 Å². The average molecular weight is 1150 g/mol. The highest BCUT2D eigenvalue weighted by molar-refractivity contribution is 5.76. The first kappa shape index (κ1) is 77.1. The molecule has 9 heteroatoms. The minimum atomic E-state index is -1.56. The number of carbonyl (C=O) groups excluding carboxylic acids is 1. The minimum absolute atomic E-state index is 0.141. The molecular formula is C73H129NO8. The van der Waals surface area contributed by atoms with Crippen molar-refractivity contribution in [3.63, 3.8) is 0 Å². The number of allylic oxidation sites excluding steroid dienone is 16. The van der Waals surface area contributed by atoms with Crippen LogP contribution >= 0.6 is 0 Å². The number of ether oxygens (including phenoxy) is 2. The van der Waals surface area contributed by atoms with Crippen molar-refractivity contribution in [3.8, 4) is 0 Å². The van der Waals surface area contributed by atoms with E-state index in [1.165, 1.54) is 186 Å². The number of hydrogen-bond acceptors (Lipinski definition) is 8. The van der Waals surface area contributed by atoms with Gasteiger partial charge >= 0.3 is 0 Å². The third-order valence-corrected chi connectivity index (χ3v) is 16.0. The SMILES string of the molecule is CC/C=C\C/C=C\C/C=C\C/C=C\C/C=C\C/C=C\C/C=C\C/C=C\CCCCCCCCCCCCCCC(=O)NC(COC1OC(CO)C(O)C(O)C1O)C(O)CCCCCCCCCCCCCCCCCCCCCCCC. The Balaban J connectivity index is 2.13. The smallest absolute Gasteiger partial charge is 0.220 e. The summed E-state index contributed by atoms with van der Waals surface area (Å²) in [6.45, 7) is 3.75.